The average Bonchev–Trinajstić information content (AvgIpc) is 3.05. The zero-order valence-electron chi connectivity index (χ0n) is 25.3. The van der Waals surface area contributed by atoms with Crippen molar-refractivity contribution in [3.8, 4) is 0 Å². The van der Waals surface area contributed by atoms with E-state index in [1.165, 1.54) is 0 Å². The Morgan fingerprint density at radius 3 is 0.960 bits per heavy atom. The number of carboxylic acid groups (broad SMARTS) is 4. The van der Waals surface area contributed by atoms with Crippen LogP contribution in [0.15, 0.2) is 0 Å². The largest absolute Gasteiger partial charge is 0.479 e. The van der Waals surface area contributed by atoms with Gasteiger partial charge in [0.1, 0.15) is 73.2 Å². The normalized spacial score (nSPS) is 48.4. The van der Waals surface area contributed by atoms with Crippen molar-refractivity contribution in [1.29, 1.82) is 0 Å². The SMILES string of the molecule is CO[C@@H]1C(C(=O)O)O[C@@H](O[C@@H]2C(C(=O)O)O[C@@H](O[C@@H]3C(C(=O)O)O[C@@H](O[C@H]4C(O)C(O)[C@H](O)O[C@H]4C(=O)O)C(O)[C@H]3O)C(O)C2O)C(O)[C@@H]1O. The summed E-state index contributed by atoms with van der Waals surface area (Å²) in [7, 11) is 0.994. The summed E-state index contributed by atoms with van der Waals surface area (Å²) in [4.78, 5) is 47.5. The molecule has 0 aromatic rings. The third-order valence-corrected chi connectivity index (χ3v) is 8.32. The highest BCUT2D eigenvalue weighted by molar-refractivity contribution is 5.75. The van der Waals surface area contributed by atoms with Gasteiger partial charge < -0.3 is 104 Å². The smallest absolute Gasteiger partial charge is 0.335 e. The lowest BCUT2D eigenvalue weighted by Crippen LogP contribution is -2.68. The van der Waals surface area contributed by atoms with Crippen LogP contribution in [0.3, 0.4) is 0 Å². The van der Waals surface area contributed by atoms with E-state index in [9.17, 15) is 85.6 Å². The topological polar surface area (TPSA) is 405 Å². The summed E-state index contributed by atoms with van der Waals surface area (Å²) in [6, 6.07) is 0. The van der Waals surface area contributed by atoms with Gasteiger partial charge >= 0.3 is 23.9 Å². The minimum absolute atomic E-state index is 0.994. The molecule has 0 bridgehead atoms. The predicted molar refractivity (Wildman–Crippen MR) is 141 cm³/mol. The number of aliphatic carboxylic acids is 4. The van der Waals surface area contributed by atoms with E-state index < -0.39 is 147 Å². The molecule has 0 aromatic carbocycles. The van der Waals surface area contributed by atoms with Crippen LogP contribution in [0.5, 0.6) is 0 Å². The molecule has 4 rings (SSSR count). The second-order valence-electron chi connectivity index (χ2n) is 11.5. The van der Waals surface area contributed by atoms with Crippen LogP contribution in [-0.4, -0.2) is 220 Å². The van der Waals surface area contributed by atoms with Crippen LogP contribution in [0.25, 0.3) is 0 Å². The van der Waals surface area contributed by atoms with Gasteiger partial charge in [-0.25, -0.2) is 19.2 Å². The molecule has 0 radical (unpaired) electrons. The van der Waals surface area contributed by atoms with Crippen LogP contribution in [0, 0.1) is 0 Å². The summed E-state index contributed by atoms with van der Waals surface area (Å²) in [5.74, 6) is -7.45. The molecular formula is C25H36O25. The molecule has 20 atom stereocenters. The van der Waals surface area contributed by atoms with Gasteiger partial charge in [0, 0.05) is 7.11 Å². The van der Waals surface area contributed by atoms with Crippen molar-refractivity contribution in [2.45, 2.75) is 123 Å². The molecule has 4 aliphatic rings. The molecule has 4 fully saturated rings. The van der Waals surface area contributed by atoms with Gasteiger partial charge in [-0.1, -0.05) is 0 Å². The van der Waals surface area contributed by atoms with Crippen LogP contribution in [0.4, 0.5) is 0 Å². The lowest BCUT2D eigenvalue weighted by molar-refractivity contribution is -0.378. The number of rotatable bonds is 11. The maximum atomic E-state index is 12.1. The lowest BCUT2D eigenvalue weighted by Gasteiger charge is -2.47. The highest BCUT2D eigenvalue weighted by atomic mass is 16.8. The van der Waals surface area contributed by atoms with E-state index in [4.69, 9.17) is 33.2 Å². The molecule has 0 amide bonds. The van der Waals surface area contributed by atoms with E-state index in [1.807, 2.05) is 0 Å². The summed E-state index contributed by atoms with van der Waals surface area (Å²) in [5, 5.41) is 132. The first-order chi connectivity index (χ1) is 23.3. The molecule has 13 N–H and O–H groups in total. The number of carboxylic acids is 4. The van der Waals surface area contributed by atoms with E-state index in [1.54, 1.807) is 0 Å². The third kappa shape index (κ3) is 7.68. The number of hydrogen-bond donors (Lipinski definition) is 13. The molecule has 0 aliphatic carbocycles. The Kier molecular flexibility index (Phi) is 12.7. The molecule has 0 spiro atoms. The van der Waals surface area contributed by atoms with Crippen molar-refractivity contribution in [3.05, 3.63) is 0 Å². The first-order valence-corrected chi connectivity index (χ1v) is 14.5. The predicted octanol–water partition coefficient (Wildman–Crippen LogP) is -8.73. The summed E-state index contributed by atoms with van der Waals surface area (Å²) in [6.45, 7) is 0. The standard InChI is InChI=1S/C25H36O25/c1-43-10-3(27)7(31)23(48-14(10)18(34)35)46-12-5(29)9(33)25(50-16(12)20(38)39)47-13-4(28)8(32)24(49-17(13)21(40)41)45-11-2(26)6(30)22(42)44-15(11)19(36)37/h2-17,22-33,42H,1H3,(H,34,35)(H,36,37)(H,38,39)(H,40,41)/t2?,3-,4+,5?,6?,7?,8?,9?,10-,11-,12-,13-,14?,15+,16?,17?,22+,23+,24+,25+/m0/s1. The monoisotopic (exact) mass is 736 g/mol. The molecule has 286 valence electrons. The number of ether oxygens (including phenoxy) is 8. The van der Waals surface area contributed by atoms with Gasteiger partial charge in [-0.15, -0.1) is 0 Å². The molecule has 9 unspecified atom stereocenters. The highest BCUT2D eigenvalue weighted by Gasteiger charge is 2.58. The van der Waals surface area contributed by atoms with Gasteiger partial charge in [-0.2, -0.15) is 0 Å². The maximum Gasteiger partial charge on any atom is 0.335 e. The average molecular weight is 737 g/mol. The molecule has 0 saturated carbocycles. The Hall–Kier alpha value is -2.80. The van der Waals surface area contributed by atoms with Crippen LogP contribution in [0.2, 0.25) is 0 Å². The Balaban J connectivity index is 1.51. The van der Waals surface area contributed by atoms with Gasteiger partial charge in [0.05, 0.1) is 0 Å². The summed E-state index contributed by atoms with van der Waals surface area (Å²) in [5.41, 5.74) is 0. The van der Waals surface area contributed by atoms with E-state index in [0.717, 1.165) is 7.11 Å². The fraction of sp³-hybridized carbons (Fsp3) is 0.840. The van der Waals surface area contributed by atoms with Crippen LogP contribution < -0.4 is 0 Å². The second-order valence-corrected chi connectivity index (χ2v) is 11.5. The van der Waals surface area contributed by atoms with Crippen molar-refractivity contribution >= 4 is 23.9 Å². The van der Waals surface area contributed by atoms with E-state index >= 15 is 0 Å². The highest BCUT2D eigenvalue weighted by Crippen LogP contribution is 2.34. The van der Waals surface area contributed by atoms with Gasteiger partial charge in [0.15, 0.2) is 49.6 Å². The molecule has 4 aliphatic heterocycles. The van der Waals surface area contributed by atoms with Crippen molar-refractivity contribution < 1.29 is 123 Å². The first kappa shape index (κ1) is 40.0. The maximum absolute atomic E-state index is 12.1. The van der Waals surface area contributed by atoms with Crippen molar-refractivity contribution in [2.24, 2.45) is 0 Å². The number of aliphatic hydroxyl groups is 9. The number of hydrogen-bond acceptors (Lipinski definition) is 21. The Morgan fingerprint density at radius 1 is 0.400 bits per heavy atom. The van der Waals surface area contributed by atoms with Gasteiger partial charge in [-0.05, 0) is 0 Å². The van der Waals surface area contributed by atoms with Crippen LogP contribution >= 0.6 is 0 Å². The van der Waals surface area contributed by atoms with E-state index in [-0.39, 0.29) is 0 Å². The number of methoxy groups -OCH3 is 1. The summed E-state index contributed by atoms with van der Waals surface area (Å²) in [6.07, 6.45) is -44.4. The van der Waals surface area contributed by atoms with Crippen molar-refractivity contribution in [3.63, 3.8) is 0 Å². The van der Waals surface area contributed by atoms with E-state index in [0.29, 0.717) is 0 Å². The van der Waals surface area contributed by atoms with Crippen molar-refractivity contribution in [1.82, 2.24) is 0 Å². The van der Waals surface area contributed by atoms with E-state index in [2.05, 4.69) is 4.74 Å². The van der Waals surface area contributed by atoms with Crippen LogP contribution in [0.1, 0.15) is 0 Å². The molecule has 25 heteroatoms. The quantitative estimate of drug-likeness (QED) is 0.0936. The summed E-state index contributed by atoms with van der Waals surface area (Å²) < 4.78 is 40.6. The van der Waals surface area contributed by atoms with Gasteiger partial charge in [-0.3, -0.25) is 0 Å². The minimum atomic E-state index is -2.42. The minimum Gasteiger partial charge on any atom is -0.479 e. The fourth-order valence-corrected chi connectivity index (χ4v) is 5.68. The molecule has 0 aromatic heterocycles. The zero-order chi connectivity index (χ0) is 37.5. The Labute approximate surface area is 277 Å². The number of carbonyl (C=O) groups is 4. The molecule has 50 heavy (non-hydrogen) atoms. The second kappa shape index (κ2) is 15.8. The van der Waals surface area contributed by atoms with Crippen molar-refractivity contribution in [2.75, 3.05) is 7.11 Å². The number of aliphatic hydroxyl groups excluding tert-OH is 9. The third-order valence-electron chi connectivity index (χ3n) is 8.32. The van der Waals surface area contributed by atoms with Crippen LogP contribution in [-0.2, 0) is 57.1 Å². The molecule has 25 nitrogen and oxygen atoms in total. The molecule has 4 saturated heterocycles. The molecular weight excluding hydrogens is 700 g/mol. The first-order valence-electron chi connectivity index (χ1n) is 14.5. The Bertz CT molecular complexity index is 1230. The molecule has 4 heterocycles. The fourth-order valence-electron chi connectivity index (χ4n) is 5.68. The Morgan fingerprint density at radius 2 is 0.660 bits per heavy atom. The summed E-state index contributed by atoms with van der Waals surface area (Å²) >= 11 is 0. The lowest BCUT2D eigenvalue weighted by atomic mass is 9.95. The van der Waals surface area contributed by atoms with Gasteiger partial charge in [0.2, 0.25) is 0 Å². The zero-order valence-corrected chi connectivity index (χ0v) is 25.3. The van der Waals surface area contributed by atoms with Gasteiger partial charge in [0.25, 0.3) is 0 Å².